The highest BCUT2D eigenvalue weighted by Crippen LogP contribution is 2.29. The number of hydrogen-bond acceptors (Lipinski definition) is 6. The van der Waals surface area contributed by atoms with E-state index in [1.807, 2.05) is 19.1 Å². The summed E-state index contributed by atoms with van der Waals surface area (Å²) in [4.78, 5) is 11.8. The minimum atomic E-state index is -0.718. The number of esters is 1. The molecule has 30 heavy (non-hydrogen) atoms. The summed E-state index contributed by atoms with van der Waals surface area (Å²) in [6.07, 6.45) is 18.5. The van der Waals surface area contributed by atoms with E-state index in [1.165, 1.54) is 6.08 Å². The van der Waals surface area contributed by atoms with E-state index >= 15 is 0 Å². The lowest BCUT2D eigenvalue weighted by Crippen LogP contribution is -2.18. The van der Waals surface area contributed by atoms with Gasteiger partial charge in [-0.3, -0.25) is 0 Å². The predicted molar refractivity (Wildman–Crippen MR) is 116 cm³/mol. The Morgan fingerprint density at radius 1 is 0.933 bits per heavy atom. The zero-order chi connectivity index (χ0) is 21.8. The summed E-state index contributed by atoms with van der Waals surface area (Å²) in [6.45, 7) is 1.87. The number of fused-ring (bicyclic) bond motifs is 1. The van der Waals surface area contributed by atoms with Crippen molar-refractivity contribution in [2.75, 3.05) is 0 Å². The van der Waals surface area contributed by atoms with Crippen LogP contribution in [0.1, 0.15) is 45.4 Å². The number of cyclic esters (lactones) is 1. The summed E-state index contributed by atoms with van der Waals surface area (Å²) in [5.74, 6) is -0.381. The van der Waals surface area contributed by atoms with Gasteiger partial charge in [0.2, 0.25) is 0 Å². The molecule has 6 unspecified atom stereocenters. The Kier molecular flexibility index (Phi) is 10.8. The largest absolute Gasteiger partial charge is 0.460 e. The molecular weight excluding hydrogens is 384 g/mol. The lowest BCUT2D eigenvalue weighted by molar-refractivity contribution is -0.142. The molecule has 2 heterocycles. The van der Waals surface area contributed by atoms with Gasteiger partial charge in [-0.25, -0.2) is 4.79 Å². The summed E-state index contributed by atoms with van der Waals surface area (Å²) < 4.78 is 10.8. The second kappa shape index (κ2) is 13.3. The van der Waals surface area contributed by atoms with Crippen molar-refractivity contribution < 1.29 is 29.6 Å². The normalized spacial score (nSPS) is 34.7. The summed E-state index contributed by atoms with van der Waals surface area (Å²) in [6, 6.07) is 0. The van der Waals surface area contributed by atoms with Gasteiger partial charge in [-0.2, -0.15) is 0 Å². The number of epoxide rings is 1. The number of carbonyl (C=O) groups excluding carboxylic acids is 1. The van der Waals surface area contributed by atoms with Gasteiger partial charge in [0.25, 0.3) is 0 Å². The molecule has 1 fully saturated rings. The van der Waals surface area contributed by atoms with Gasteiger partial charge in [-0.15, -0.1) is 0 Å². The van der Waals surface area contributed by atoms with Crippen LogP contribution in [0.5, 0.6) is 0 Å². The molecule has 0 aliphatic carbocycles. The van der Waals surface area contributed by atoms with Crippen molar-refractivity contribution in [3.63, 3.8) is 0 Å². The van der Waals surface area contributed by atoms with Gasteiger partial charge in [0, 0.05) is 18.9 Å². The Labute approximate surface area is 178 Å². The molecule has 0 amide bonds. The molecule has 2 rings (SSSR count). The Morgan fingerprint density at radius 2 is 1.73 bits per heavy atom. The summed E-state index contributed by atoms with van der Waals surface area (Å²) in [5.41, 5.74) is 0. The van der Waals surface area contributed by atoms with Gasteiger partial charge in [0.05, 0.1) is 30.5 Å². The summed E-state index contributed by atoms with van der Waals surface area (Å²) in [5, 5.41) is 30.1. The molecule has 3 N–H and O–H groups in total. The van der Waals surface area contributed by atoms with Crippen LogP contribution >= 0.6 is 0 Å². The minimum absolute atomic E-state index is 0.0862. The van der Waals surface area contributed by atoms with E-state index < -0.39 is 18.3 Å². The van der Waals surface area contributed by atoms with Gasteiger partial charge in [0.1, 0.15) is 6.10 Å². The van der Waals surface area contributed by atoms with E-state index in [0.717, 1.165) is 19.3 Å². The third-order valence-electron chi connectivity index (χ3n) is 4.90. The van der Waals surface area contributed by atoms with Crippen LogP contribution in [-0.4, -0.2) is 57.9 Å². The van der Waals surface area contributed by atoms with Crippen LogP contribution in [-0.2, 0) is 14.3 Å². The molecule has 0 radical (unpaired) electrons. The van der Waals surface area contributed by atoms with Crippen LogP contribution in [0.3, 0.4) is 0 Å². The topological polar surface area (TPSA) is 99.5 Å². The molecule has 166 valence electrons. The molecule has 0 bridgehead atoms. The molecular formula is C24H34O6. The number of ether oxygens (including phenoxy) is 2. The first kappa shape index (κ1) is 24.3. The molecule has 2 aliphatic heterocycles. The maximum Gasteiger partial charge on any atom is 0.331 e. The fourth-order valence-electron chi connectivity index (χ4n) is 3.17. The standard InChI is InChI=1S/C24H34O6/c1-18-10-6-3-2-4-7-12-20(26)16-21(27)17-23-22(30-23)15-14-19(25)11-8-5-9-13-24(28)29-18/h2,4-5,7-9,12-15,18-23,25-27H,3,6,10-11,16-17H2,1H3. The number of aliphatic hydroxyl groups excluding tert-OH is 3. The van der Waals surface area contributed by atoms with Crippen LogP contribution in [0, 0.1) is 0 Å². The number of carbonyl (C=O) groups is 1. The van der Waals surface area contributed by atoms with Crippen LogP contribution in [0.4, 0.5) is 0 Å². The van der Waals surface area contributed by atoms with Crippen molar-refractivity contribution in [2.45, 2.75) is 82.1 Å². The fraction of sp³-hybridized carbons (Fsp3) is 0.542. The highest BCUT2D eigenvalue weighted by molar-refractivity contribution is 5.82. The van der Waals surface area contributed by atoms with Crippen molar-refractivity contribution in [3.05, 3.63) is 60.8 Å². The first-order valence-corrected chi connectivity index (χ1v) is 10.7. The molecule has 0 aromatic carbocycles. The van der Waals surface area contributed by atoms with Crippen LogP contribution in [0.2, 0.25) is 0 Å². The summed E-state index contributed by atoms with van der Waals surface area (Å²) in [7, 11) is 0. The van der Waals surface area contributed by atoms with Gasteiger partial charge in [-0.1, -0.05) is 54.7 Å². The van der Waals surface area contributed by atoms with Crippen molar-refractivity contribution >= 4 is 5.97 Å². The van der Waals surface area contributed by atoms with E-state index in [-0.39, 0.29) is 30.7 Å². The highest BCUT2D eigenvalue weighted by atomic mass is 16.6. The zero-order valence-electron chi connectivity index (χ0n) is 17.5. The van der Waals surface area contributed by atoms with E-state index in [1.54, 1.807) is 42.5 Å². The molecule has 0 saturated carbocycles. The van der Waals surface area contributed by atoms with E-state index in [2.05, 4.69) is 0 Å². The molecule has 6 nitrogen and oxygen atoms in total. The Balaban J connectivity index is 1.91. The SMILES string of the molecule is CC1CCCC=CC=CC(O)CC(O)CC2OC2C=CC(O)CC=CC=CC(=O)O1. The Bertz CT molecular complexity index is 663. The Morgan fingerprint density at radius 3 is 2.57 bits per heavy atom. The van der Waals surface area contributed by atoms with E-state index in [9.17, 15) is 20.1 Å². The molecule has 2 aliphatic rings. The van der Waals surface area contributed by atoms with Gasteiger partial charge >= 0.3 is 5.97 Å². The van der Waals surface area contributed by atoms with Crippen LogP contribution in [0.25, 0.3) is 0 Å². The second-order valence-corrected chi connectivity index (χ2v) is 7.80. The smallest absolute Gasteiger partial charge is 0.331 e. The van der Waals surface area contributed by atoms with Crippen molar-refractivity contribution in [1.82, 2.24) is 0 Å². The molecule has 0 aromatic heterocycles. The number of aliphatic hydroxyl groups is 3. The number of rotatable bonds is 0. The highest BCUT2D eigenvalue weighted by Gasteiger charge is 2.38. The van der Waals surface area contributed by atoms with Crippen LogP contribution in [0.15, 0.2) is 60.8 Å². The van der Waals surface area contributed by atoms with Gasteiger partial charge in [0.15, 0.2) is 0 Å². The van der Waals surface area contributed by atoms with Gasteiger partial charge in [-0.05, 0) is 32.6 Å². The number of allylic oxidation sites excluding steroid dienone is 5. The maximum absolute atomic E-state index is 11.8. The quantitative estimate of drug-likeness (QED) is 0.318. The van der Waals surface area contributed by atoms with Crippen molar-refractivity contribution in [2.24, 2.45) is 0 Å². The van der Waals surface area contributed by atoms with Crippen molar-refractivity contribution in [1.29, 1.82) is 0 Å². The van der Waals surface area contributed by atoms with Gasteiger partial charge < -0.3 is 24.8 Å². The molecule has 0 aromatic rings. The minimum Gasteiger partial charge on any atom is -0.460 e. The van der Waals surface area contributed by atoms with E-state index in [4.69, 9.17) is 9.47 Å². The second-order valence-electron chi connectivity index (χ2n) is 7.80. The molecule has 1 saturated heterocycles. The predicted octanol–water partition coefficient (Wildman–Crippen LogP) is 2.90. The molecule has 6 heteroatoms. The first-order chi connectivity index (χ1) is 14.4. The van der Waals surface area contributed by atoms with Crippen LogP contribution < -0.4 is 0 Å². The number of hydrogen-bond donors (Lipinski definition) is 3. The Hall–Kier alpha value is -1.99. The lowest BCUT2D eigenvalue weighted by Gasteiger charge is -2.11. The zero-order valence-corrected chi connectivity index (χ0v) is 17.5. The third-order valence-corrected chi connectivity index (χ3v) is 4.90. The molecule has 0 spiro atoms. The van der Waals surface area contributed by atoms with E-state index in [0.29, 0.717) is 12.8 Å². The fourth-order valence-corrected chi connectivity index (χ4v) is 3.17. The lowest BCUT2D eigenvalue weighted by atomic mass is 10.0. The maximum atomic E-state index is 11.8. The molecule has 6 atom stereocenters. The average molecular weight is 419 g/mol. The average Bonchev–Trinajstić information content (AvgIpc) is 3.42. The summed E-state index contributed by atoms with van der Waals surface area (Å²) >= 11 is 0. The first-order valence-electron chi connectivity index (χ1n) is 10.7. The monoisotopic (exact) mass is 418 g/mol. The van der Waals surface area contributed by atoms with Crippen molar-refractivity contribution in [3.8, 4) is 0 Å². The third kappa shape index (κ3) is 10.7.